The second-order valence-corrected chi connectivity index (χ2v) is 4.66. The number of benzene rings is 1. The fourth-order valence-electron chi connectivity index (χ4n) is 1.35. The summed E-state index contributed by atoms with van der Waals surface area (Å²) in [6.45, 7) is 6.75. The molecule has 0 radical (unpaired) electrons. The summed E-state index contributed by atoms with van der Waals surface area (Å²) in [6, 6.07) is 8.24. The molecule has 0 spiro atoms. The molecule has 1 aromatic carbocycles. The summed E-state index contributed by atoms with van der Waals surface area (Å²) in [5, 5.41) is 6.51. The molecule has 0 heterocycles. The molecule has 0 aromatic heterocycles. The molecule has 0 aliphatic rings. The van der Waals surface area contributed by atoms with Gasteiger partial charge in [0.1, 0.15) is 0 Å². The summed E-state index contributed by atoms with van der Waals surface area (Å²) < 4.78 is 1.10. The van der Waals surface area contributed by atoms with E-state index in [0.29, 0.717) is 6.54 Å². The van der Waals surface area contributed by atoms with E-state index >= 15 is 0 Å². The maximum Gasteiger partial charge on any atom is 0.191 e. The molecule has 0 saturated carbocycles. The van der Waals surface area contributed by atoms with E-state index in [1.807, 2.05) is 12.1 Å². The van der Waals surface area contributed by atoms with Gasteiger partial charge in [-0.2, -0.15) is 0 Å². The fourth-order valence-corrected chi connectivity index (χ4v) is 1.61. The minimum absolute atomic E-state index is 0.701. The second kappa shape index (κ2) is 8.12. The topological polar surface area (TPSA) is 36.4 Å². The highest BCUT2D eigenvalue weighted by Gasteiger charge is 1.96. The Labute approximate surface area is 112 Å². The Morgan fingerprint density at radius 3 is 2.47 bits per heavy atom. The van der Waals surface area contributed by atoms with Crippen LogP contribution < -0.4 is 10.6 Å². The smallest absolute Gasteiger partial charge is 0.191 e. The van der Waals surface area contributed by atoms with Crippen molar-refractivity contribution < 1.29 is 0 Å². The number of rotatable bonds is 5. The molecule has 0 unspecified atom stereocenters. The van der Waals surface area contributed by atoms with Crippen LogP contribution in [0.3, 0.4) is 0 Å². The van der Waals surface area contributed by atoms with Gasteiger partial charge in [0.05, 0.1) is 6.54 Å². The average molecular weight is 298 g/mol. The molecule has 0 fully saturated rings. The average Bonchev–Trinajstić information content (AvgIpc) is 2.35. The zero-order chi connectivity index (χ0) is 12.5. The number of hydrogen-bond acceptors (Lipinski definition) is 1. The van der Waals surface area contributed by atoms with Crippen molar-refractivity contribution in [2.24, 2.45) is 4.99 Å². The van der Waals surface area contributed by atoms with Crippen molar-refractivity contribution in [3.05, 3.63) is 34.3 Å². The van der Waals surface area contributed by atoms with Gasteiger partial charge in [0.15, 0.2) is 5.96 Å². The van der Waals surface area contributed by atoms with Crippen LogP contribution in [0, 0.1) is 0 Å². The van der Waals surface area contributed by atoms with Gasteiger partial charge < -0.3 is 10.6 Å². The Hall–Kier alpha value is -1.03. The van der Waals surface area contributed by atoms with Gasteiger partial charge in [-0.1, -0.05) is 35.0 Å². The molecular formula is C13H20BrN3. The van der Waals surface area contributed by atoms with Crippen LogP contribution in [0.4, 0.5) is 0 Å². The molecule has 1 rings (SSSR count). The van der Waals surface area contributed by atoms with Crippen molar-refractivity contribution in [1.82, 2.24) is 10.6 Å². The van der Waals surface area contributed by atoms with Crippen LogP contribution in [0.2, 0.25) is 0 Å². The first-order valence-electron chi connectivity index (χ1n) is 6.03. The van der Waals surface area contributed by atoms with Gasteiger partial charge in [-0.05, 0) is 31.0 Å². The molecule has 0 aliphatic heterocycles. The van der Waals surface area contributed by atoms with Crippen molar-refractivity contribution in [1.29, 1.82) is 0 Å². The number of nitrogens with zero attached hydrogens (tertiary/aromatic N) is 1. The van der Waals surface area contributed by atoms with Crippen LogP contribution in [-0.2, 0) is 6.54 Å². The summed E-state index contributed by atoms with van der Waals surface area (Å²) in [7, 11) is 0. The molecule has 4 heteroatoms. The van der Waals surface area contributed by atoms with Crippen LogP contribution in [0.25, 0.3) is 0 Å². The second-order valence-electron chi connectivity index (χ2n) is 3.75. The molecule has 3 nitrogen and oxygen atoms in total. The van der Waals surface area contributed by atoms with E-state index in [1.165, 1.54) is 5.56 Å². The fraction of sp³-hybridized carbons (Fsp3) is 0.462. The lowest BCUT2D eigenvalue weighted by atomic mass is 10.2. The third kappa shape index (κ3) is 5.73. The van der Waals surface area contributed by atoms with Gasteiger partial charge in [0, 0.05) is 17.6 Å². The third-order valence-corrected chi connectivity index (χ3v) is 2.75. The SMILES string of the molecule is CCCNC(=NCc1ccc(Br)cc1)NCC. The van der Waals surface area contributed by atoms with Crippen molar-refractivity contribution in [3.63, 3.8) is 0 Å². The number of hydrogen-bond donors (Lipinski definition) is 2. The largest absolute Gasteiger partial charge is 0.357 e. The van der Waals surface area contributed by atoms with Crippen LogP contribution in [0.5, 0.6) is 0 Å². The molecule has 94 valence electrons. The minimum Gasteiger partial charge on any atom is -0.357 e. The summed E-state index contributed by atoms with van der Waals surface area (Å²) in [4.78, 5) is 4.53. The third-order valence-electron chi connectivity index (χ3n) is 2.22. The molecule has 0 amide bonds. The maximum absolute atomic E-state index is 4.53. The zero-order valence-electron chi connectivity index (χ0n) is 10.5. The Balaban J connectivity index is 2.55. The van der Waals surface area contributed by atoms with E-state index in [9.17, 15) is 0 Å². The first kappa shape index (κ1) is 14.0. The highest BCUT2D eigenvalue weighted by Crippen LogP contribution is 2.10. The predicted molar refractivity (Wildman–Crippen MR) is 77.3 cm³/mol. The highest BCUT2D eigenvalue weighted by molar-refractivity contribution is 9.10. The first-order valence-corrected chi connectivity index (χ1v) is 6.82. The Bertz CT molecular complexity index is 346. The van der Waals surface area contributed by atoms with Crippen LogP contribution in [0.1, 0.15) is 25.8 Å². The van der Waals surface area contributed by atoms with E-state index in [-0.39, 0.29) is 0 Å². The maximum atomic E-state index is 4.53. The lowest BCUT2D eigenvalue weighted by molar-refractivity contribution is 0.785. The van der Waals surface area contributed by atoms with Gasteiger partial charge in [-0.25, -0.2) is 4.99 Å². The molecule has 0 atom stereocenters. The zero-order valence-corrected chi connectivity index (χ0v) is 12.0. The molecule has 1 aromatic rings. The summed E-state index contributed by atoms with van der Waals surface area (Å²) in [6.07, 6.45) is 1.10. The molecule has 0 bridgehead atoms. The monoisotopic (exact) mass is 297 g/mol. The predicted octanol–water partition coefficient (Wildman–Crippen LogP) is 2.91. The van der Waals surface area contributed by atoms with E-state index in [2.05, 4.69) is 57.5 Å². The highest BCUT2D eigenvalue weighted by atomic mass is 79.9. The van der Waals surface area contributed by atoms with Crippen LogP contribution in [0.15, 0.2) is 33.7 Å². The van der Waals surface area contributed by atoms with Crippen LogP contribution in [-0.4, -0.2) is 19.0 Å². The van der Waals surface area contributed by atoms with E-state index in [4.69, 9.17) is 0 Å². The molecular weight excluding hydrogens is 278 g/mol. The normalized spacial score (nSPS) is 11.4. The lowest BCUT2D eigenvalue weighted by Gasteiger charge is -2.10. The Kier molecular flexibility index (Phi) is 6.70. The van der Waals surface area contributed by atoms with Crippen molar-refractivity contribution in [2.45, 2.75) is 26.8 Å². The van der Waals surface area contributed by atoms with Crippen LogP contribution >= 0.6 is 15.9 Å². The van der Waals surface area contributed by atoms with Gasteiger partial charge in [-0.3, -0.25) is 0 Å². The number of guanidine groups is 1. The first-order chi connectivity index (χ1) is 8.26. The lowest BCUT2D eigenvalue weighted by Crippen LogP contribution is -2.37. The number of aliphatic imine (C=N–C) groups is 1. The quantitative estimate of drug-likeness (QED) is 0.648. The van der Waals surface area contributed by atoms with E-state index in [1.54, 1.807) is 0 Å². The van der Waals surface area contributed by atoms with Crippen molar-refractivity contribution >= 4 is 21.9 Å². The summed E-state index contributed by atoms with van der Waals surface area (Å²) in [5.41, 5.74) is 1.21. The summed E-state index contributed by atoms with van der Waals surface area (Å²) in [5.74, 6) is 0.886. The van der Waals surface area contributed by atoms with Gasteiger partial charge in [0.2, 0.25) is 0 Å². The minimum atomic E-state index is 0.701. The standard InChI is InChI=1S/C13H20BrN3/c1-3-9-16-13(15-4-2)17-10-11-5-7-12(14)8-6-11/h5-8H,3-4,9-10H2,1-2H3,(H2,15,16,17). The van der Waals surface area contributed by atoms with Crippen molar-refractivity contribution in [3.8, 4) is 0 Å². The van der Waals surface area contributed by atoms with Crippen molar-refractivity contribution in [2.75, 3.05) is 13.1 Å². The number of halogens is 1. The van der Waals surface area contributed by atoms with Gasteiger partial charge in [-0.15, -0.1) is 0 Å². The van der Waals surface area contributed by atoms with Gasteiger partial charge >= 0.3 is 0 Å². The molecule has 17 heavy (non-hydrogen) atoms. The molecule has 0 aliphatic carbocycles. The van der Waals surface area contributed by atoms with Gasteiger partial charge in [0.25, 0.3) is 0 Å². The Morgan fingerprint density at radius 1 is 1.18 bits per heavy atom. The molecule has 2 N–H and O–H groups in total. The van der Waals surface area contributed by atoms with E-state index in [0.717, 1.165) is 29.9 Å². The number of nitrogens with one attached hydrogen (secondary N) is 2. The molecule has 0 saturated heterocycles. The van der Waals surface area contributed by atoms with E-state index < -0.39 is 0 Å². The Morgan fingerprint density at radius 2 is 1.88 bits per heavy atom. The summed E-state index contributed by atoms with van der Waals surface area (Å²) >= 11 is 3.42.